The summed E-state index contributed by atoms with van der Waals surface area (Å²) < 4.78 is 6.61. The van der Waals surface area contributed by atoms with Crippen LogP contribution in [0.2, 0.25) is 0 Å². The minimum atomic E-state index is -0.0196. The summed E-state index contributed by atoms with van der Waals surface area (Å²) in [7, 11) is 0. The van der Waals surface area contributed by atoms with E-state index in [4.69, 9.17) is 4.74 Å². The van der Waals surface area contributed by atoms with Gasteiger partial charge in [-0.3, -0.25) is 9.69 Å². The van der Waals surface area contributed by atoms with Crippen molar-refractivity contribution in [1.29, 1.82) is 0 Å². The molecule has 5 heteroatoms. The number of morpholine rings is 1. The van der Waals surface area contributed by atoms with E-state index in [2.05, 4.69) is 70.9 Å². The number of nitrogens with one attached hydrogen (secondary N) is 1. The number of amides is 1. The zero-order valence-corrected chi connectivity index (χ0v) is 17.5. The van der Waals surface area contributed by atoms with Crippen LogP contribution in [0.1, 0.15) is 33.1 Å². The van der Waals surface area contributed by atoms with Gasteiger partial charge in [-0.2, -0.15) is 0 Å². The number of nitrogens with zero attached hydrogens (tertiary/aromatic N) is 1. The number of ether oxygens (including phenoxy) is 1. The lowest BCUT2D eigenvalue weighted by Gasteiger charge is -2.35. The molecule has 0 aliphatic carbocycles. The van der Waals surface area contributed by atoms with E-state index in [1.807, 2.05) is 18.2 Å². The van der Waals surface area contributed by atoms with Crippen molar-refractivity contribution in [2.45, 2.75) is 19.9 Å². The lowest BCUT2D eigenvalue weighted by Crippen LogP contribution is -2.43. The molecule has 1 aliphatic heterocycles. The second kappa shape index (κ2) is 8.97. The average Bonchev–Trinajstić information content (AvgIpc) is 2.65. The third-order valence-electron chi connectivity index (χ3n) is 4.80. The van der Waals surface area contributed by atoms with E-state index in [0.717, 1.165) is 29.9 Å². The summed E-state index contributed by atoms with van der Waals surface area (Å²) in [6.07, 6.45) is 0. The zero-order chi connectivity index (χ0) is 18.5. The van der Waals surface area contributed by atoms with Crippen LogP contribution in [0.5, 0.6) is 0 Å². The summed E-state index contributed by atoms with van der Waals surface area (Å²) in [5.41, 5.74) is 4.38. The van der Waals surface area contributed by atoms with Crippen LogP contribution in [0.25, 0.3) is 0 Å². The van der Waals surface area contributed by atoms with Crippen LogP contribution in [0.3, 0.4) is 0 Å². The molecule has 0 saturated carbocycles. The second-order valence-corrected chi connectivity index (χ2v) is 7.91. The van der Waals surface area contributed by atoms with Gasteiger partial charge in [-0.05, 0) is 59.7 Å². The summed E-state index contributed by atoms with van der Waals surface area (Å²) in [5, 5.41) is 3.14. The van der Waals surface area contributed by atoms with Gasteiger partial charge in [0, 0.05) is 28.8 Å². The molecule has 1 atom stereocenters. The molecule has 2 aromatic carbocycles. The van der Waals surface area contributed by atoms with E-state index in [0.29, 0.717) is 12.1 Å². The molecule has 1 unspecified atom stereocenters. The van der Waals surface area contributed by atoms with Crippen molar-refractivity contribution in [3.8, 4) is 0 Å². The number of aryl methyl sites for hydroxylation is 2. The topological polar surface area (TPSA) is 41.6 Å². The fourth-order valence-corrected chi connectivity index (χ4v) is 3.77. The van der Waals surface area contributed by atoms with Crippen LogP contribution in [0.15, 0.2) is 42.5 Å². The van der Waals surface area contributed by atoms with Gasteiger partial charge in [-0.15, -0.1) is 0 Å². The monoisotopic (exact) mass is 464 g/mol. The number of hydrogen-bond acceptors (Lipinski definition) is 3. The van der Waals surface area contributed by atoms with E-state index in [1.54, 1.807) is 0 Å². The van der Waals surface area contributed by atoms with Crippen LogP contribution in [-0.4, -0.2) is 43.7 Å². The molecule has 0 aromatic heterocycles. The quantitative estimate of drug-likeness (QED) is 0.687. The van der Waals surface area contributed by atoms with Crippen LogP contribution in [0.4, 0.5) is 0 Å². The molecule has 138 valence electrons. The van der Waals surface area contributed by atoms with Gasteiger partial charge < -0.3 is 10.1 Å². The van der Waals surface area contributed by atoms with Crippen LogP contribution >= 0.6 is 22.6 Å². The van der Waals surface area contributed by atoms with Crippen molar-refractivity contribution in [2.75, 3.05) is 32.8 Å². The predicted octanol–water partition coefficient (Wildman–Crippen LogP) is 3.71. The zero-order valence-electron chi connectivity index (χ0n) is 15.3. The van der Waals surface area contributed by atoms with Gasteiger partial charge in [-0.1, -0.05) is 35.9 Å². The van der Waals surface area contributed by atoms with Crippen molar-refractivity contribution < 1.29 is 9.53 Å². The molecule has 4 nitrogen and oxygen atoms in total. The largest absolute Gasteiger partial charge is 0.379 e. The highest BCUT2D eigenvalue weighted by atomic mass is 127. The smallest absolute Gasteiger partial charge is 0.251 e. The normalized spacial score (nSPS) is 16.3. The van der Waals surface area contributed by atoms with Crippen LogP contribution in [-0.2, 0) is 4.74 Å². The van der Waals surface area contributed by atoms with E-state index >= 15 is 0 Å². The van der Waals surface area contributed by atoms with E-state index in [1.165, 1.54) is 16.7 Å². The van der Waals surface area contributed by atoms with E-state index < -0.39 is 0 Å². The molecule has 1 saturated heterocycles. The SMILES string of the molecule is Cc1cccc(C(CNC(=O)c2ccc(C)c(I)c2)N2CCOCC2)c1. The first-order valence-corrected chi connectivity index (χ1v) is 10.0. The van der Waals surface area contributed by atoms with Gasteiger partial charge in [-0.25, -0.2) is 0 Å². The lowest BCUT2D eigenvalue weighted by molar-refractivity contribution is 0.0162. The molecule has 0 bridgehead atoms. The third-order valence-corrected chi connectivity index (χ3v) is 5.97. The Morgan fingerprint density at radius 3 is 2.65 bits per heavy atom. The van der Waals surface area contributed by atoms with Crippen molar-refractivity contribution in [1.82, 2.24) is 10.2 Å². The Bertz CT molecular complexity index is 772. The van der Waals surface area contributed by atoms with Gasteiger partial charge in [0.05, 0.1) is 19.3 Å². The van der Waals surface area contributed by atoms with Crippen LogP contribution in [0, 0.1) is 17.4 Å². The predicted molar refractivity (Wildman–Crippen MR) is 113 cm³/mol. The Kier molecular flexibility index (Phi) is 6.67. The molecule has 1 amide bonds. The van der Waals surface area contributed by atoms with Gasteiger partial charge in [0.1, 0.15) is 0 Å². The number of carbonyl (C=O) groups excluding carboxylic acids is 1. The van der Waals surface area contributed by atoms with Crippen molar-refractivity contribution >= 4 is 28.5 Å². The third kappa shape index (κ3) is 4.84. The summed E-state index contributed by atoms with van der Waals surface area (Å²) in [6, 6.07) is 14.5. The van der Waals surface area contributed by atoms with Gasteiger partial charge >= 0.3 is 0 Å². The highest BCUT2D eigenvalue weighted by Crippen LogP contribution is 2.22. The molecule has 1 fully saturated rings. The van der Waals surface area contributed by atoms with Gasteiger partial charge in [0.15, 0.2) is 0 Å². The van der Waals surface area contributed by atoms with Crippen molar-refractivity contribution in [3.05, 3.63) is 68.3 Å². The number of rotatable bonds is 5. The number of hydrogen-bond donors (Lipinski definition) is 1. The molecule has 0 spiro atoms. The van der Waals surface area contributed by atoms with Crippen molar-refractivity contribution in [3.63, 3.8) is 0 Å². The van der Waals surface area contributed by atoms with E-state index in [-0.39, 0.29) is 11.9 Å². The summed E-state index contributed by atoms with van der Waals surface area (Å²) in [6.45, 7) is 8.00. The molecule has 3 rings (SSSR count). The van der Waals surface area contributed by atoms with Gasteiger partial charge in [0.2, 0.25) is 0 Å². The maximum Gasteiger partial charge on any atom is 0.251 e. The number of carbonyl (C=O) groups is 1. The highest BCUT2D eigenvalue weighted by Gasteiger charge is 2.23. The maximum atomic E-state index is 12.6. The number of halogens is 1. The van der Waals surface area contributed by atoms with Crippen molar-refractivity contribution in [2.24, 2.45) is 0 Å². The Morgan fingerprint density at radius 2 is 1.96 bits per heavy atom. The molecule has 1 N–H and O–H groups in total. The Balaban J connectivity index is 1.74. The standard InChI is InChI=1S/C21H25IN2O2/c1-15-4-3-5-17(12-15)20(24-8-10-26-11-9-24)14-23-21(25)18-7-6-16(2)19(22)13-18/h3-7,12-13,20H,8-11,14H2,1-2H3,(H,23,25). The second-order valence-electron chi connectivity index (χ2n) is 6.75. The maximum absolute atomic E-state index is 12.6. The van der Waals surface area contributed by atoms with Crippen LogP contribution < -0.4 is 5.32 Å². The lowest BCUT2D eigenvalue weighted by atomic mass is 10.0. The first-order chi connectivity index (χ1) is 12.5. The summed E-state index contributed by atoms with van der Waals surface area (Å²) in [4.78, 5) is 15.0. The summed E-state index contributed by atoms with van der Waals surface area (Å²) in [5.74, 6) is -0.0196. The minimum Gasteiger partial charge on any atom is -0.379 e. The Labute approximate surface area is 169 Å². The fourth-order valence-electron chi connectivity index (χ4n) is 3.25. The molecule has 1 aliphatic rings. The molecule has 0 radical (unpaired) electrons. The summed E-state index contributed by atoms with van der Waals surface area (Å²) >= 11 is 2.27. The minimum absolute atomic E-state index is 0.0196. The number of benzene rings is 2. The Morgan fingerprint density at radius 1 is 1.19 bits per heavy atom. The average molecular weight is 464 g/mol. The molecule has 26 heavy (non-hydrogen) atoms. The van der Waals surface area contributed by atoms with Gasteiger partial charge in [0.25, 0.3) is 5.91 Å². The molecular formula is C21H25IN2O2. The Hall–Kier alpha value is -1.44. The molecule has 1 heterocycles. The fraction of sp³-hybridized carbons (Fsp3) is 0.381. The first-order valence-electron chi connectivity index (χ1n) is 8.97. The molecular weight excluding hydrogens is 439 g/mol. The molecule has 2 aromatic rings. The first kappa shape index (κ1) is 19.3. The highest BCUT2D eigenvalue weighted by molar-refractivity contribution is 14.1. The van der Waals surface area contributed by atoms with E-state index in [9.17, 15) is 4.79 Å².